The Bertz CT molecular complexity index is 603. The number of halogens is 1. The maximum Gasteiger partial charge on any atom is 0.246 e. The van der Waals surface area contributed by atoms with Crippen molar-refractivity contribution >= 4 is 21.6 Å². The first-order valence-electron chi connectivity index (χ1n) is 5.73. The monoisotopic (exact) mass is 287 g/mol. The first kappa shape index (κ1) is 13.8. The molecule has 0 atom stereocenters. The van der Waals surface area contributed by atoms with Gasteiger partial charge in [0, 0.05) is 18.8 Å². The number of hydrogen-bond donors (Lipinski definition) is 2. The molecule has 0 saturated carbocycles. The summed E-state index contributed by atoms with van der Waals surface area (Å²) in [6.07, 6.45) is 0.481. The van der Waals surface area contributed by atoms with E-state index < -0.39 is 26.6 Å². The van der Waals surface area contributed by atoms with Gasteiger partial charge in [-0.2, -0.15) is 4.31 Å². The molecule has 104 valence electrons. The van der Waals surface area contributed by atoms with Crippen LogP contribution in [-0.4, -0.2) is 38.3 Å². The van der Waals surface area contributed by atoms with E-state index in [1.807, 2.05) is 0 Å². The summed E-state index contributed by atoms with van der Waals surface area (Å²) >= 11 is 0. The van der Waals surface area contributed by atoms with Crippen molar-refractivity contribution in [2.45, 2.75) is 11.3 Å². The average Bonchev–Trinajstić information content (AvgIpc) is 2.57. The van der Waals surface area contributed by atoms with Crippen LogP contribution in [0.1, 0.15) is 6.42 Å². The number of hydrogen-bond acceptors (Lipinski definition) is 4. The Morgan fingerprint density at radius 1 is 1.37 bits per heavy atom. The molecule has 1 aliphatic rings. The predicted octanol–water partition coefficient (Wildman–Crippen LogP) is -0.0815. The fourth-order valence-corrected chi connectivity index (χ4v) is 3.37. The van der Waals surface area contributed by atoms with Gasteiger partial charge in [0.2, 0.25) is 15.9 Å². The Hall–Kier alpha value is -1.67. The number of amides is 1. The number of nitrogens with zero attached hydrogens (tertiary/aromatic N) is 1. The van der Waals surface area contributed by atoms with E-state index in [0.29, 0.717) is 13.0 Å². The molecule has 1 amide bonds. The maximum absolute atomic E-state index is 13.7. The molecule has 0 aromatic heterocycles. The van der Waals surface area contributed by atoms with Crippen molar-refractivity contribution in [2.24, 2.45) is 0 Å². The van der Waals surface area contributed by atoms with Gasteiger partial charge >= 0.3 is 0 Å². The largest absolute Gasteiger partial charge is 0.399 e. The molecule has 1 aliphatic heterocycles. The Balaban J connectivity index is 2.40. The number of rotatable bonds is 2. The maximum atomic E-state index is 13.7. The molecule has 1 aromatic rings. The van der Waals surface area contributed by atoms with Gasteiger partial charge in [0.15, 0.2) is 0 Å². The Kier molecular flexibility index (Phi) is 3.72. The fourth-order valence-electron chi connectivity index (χ4n) is 1.84. The predicted molar refractivity (Wildman–Crippen MR) is 67.2 cm³/mol. The molecule has 1 saturated heterocycles. The highest BCUT2D eigenvalue weighted by atomic mass is 32.2. The molecular formula is C11H14FN3O3S. The minimum atomic E-state index is -4.05. The van der Waals surface area contributed by atoms with Crippen LogP contribution in [0.5, 0.6) is 0 Å². The molecule has 0 aliphatic carbocycles. The summed E-state index contributed by atoms with van der Waals surface area (Å²) in [5.41, 5.74) is 5.64. The summed E-state index contributed by atoms with van der Waals surface area (Å²) in [6, 6.07) is 3.34. The lowest BCUT2D eigenvalue weighted by atomic mass is 10.3. The number of carbonyl (C=O) groups is 1. The minimum Gasteiger partial charge on any atom is -0.399 e. The number of sulfonamides is 1. The van der Waals surface area contributed by atoms with E-state index in [9.17, 15) is 17.6 Å². The van der Waals surface area contributed by atoms with Crippen LogP contribution >= 0.6 is 0 Å². The number of nitrogens with two attached hydrogens (primary N) is 1. The van der Waals surface area contributed by atoms with E-state index in [4.69, 9.17) is 5.73 Å². The van der Waals surface area contributed by atoms with Crippen LogP contribution < -0.4 is 11.1 Å². The van der Waals surface area contributed by atoms with Crippen LogP contribution in [0.3, 0.4) is 0 Å². The molecular weight excluding hydrogens is 273 g/mol. The molecule has 0 radical (unpaired) electrons. The van der Waals surface area contributed by atoms with Crippen LogP contribution in [0, 0.1) is 5.82 Å². The SMILES string of the molecule is Nc1ccc(F)c(S(=O)(=O)N2CCCNC(=O)C2)c1. The van der Waals surface area contributed by atoms with Crippen molar-refractivity contribution in [1.29, 1.82) is 0 Å². The number of benzene rings is 1. The van der Waals surface area contributed by atoms with Crippen molar-refractivity contribution in [3.63, 3.8) is 0 Å². The van der Waals surface area contributed by atoms with E-state index >= 15 is 0 Å². The van der Waals surface area contributed by atoms with E-state index in [1.54, 1.807) is 0 Å². The highest BCUT2D eigenvalue weighted by Crippen LogP contribution is 2.22. The zero-order valence-corrected chi connectivity index (χ0v) is 10.9. The topological polar surface area (TPSA) is 92.5 Å². The van der Waals surface area contributed by atoms with E-state index in [-0.39, 0.29) is 18.8 Å². The second-order valence-electron chi connectivity index (χ2n) is 4.23. The molecule has 1 heterocycles. The van der Waals surface area contributed by atoms with Gasteiger partial charge in [-0.3, -0.25) is 4.79 Å². The number of nitrogens with one attached hydrogen (secondary N) is 1. The molecule has 0 unspecified atom stereocenters. The van der Waals surface area contributed by atoms with E-state index in [2.05, 4.69) is 5.32 Å². The van der Waals surface area contributed by atoms with Gasteiger partial charge in [-0.15, -0.1) is 0 Å². The van der Waals surface area contributed by atoms with Crippen molar-refractivity contribution in [3.8, 4) is 0 Å². The summed E-state index contributed by atoms with van der Waals surface area (Å²) in [6.45, 7) is 0.260. The van der Waals surface area contributed by atoms with Crippen molar-refractivity contribution in [2.75, 3.05) is 25.4 Å². The fraction of sp³-hybridized carbons (Fsp3) is 0.364. The molecule has 1 fully saturated rings. The van der Waals surface area contributed by atoms with Crippen molar-refractivity contribution < 1.29 is 17.6 Å². The van der Waals surface area contributed by atoms with Crippen molar-refractivity contribution in [1.82, 2.24) is 9.62 Å². The molecule has 6 nitrogen and oxygen atoms in total. The third kappa shape index (κ3) is 2.85. The molecule has 3 N–H and O–H groups in total. The normalized spacial score (nSPS) is 17.8. The van der Waals surface area contributed by atoms with Crippen molar-refractivity contribution in [3.05, 3.63) is 24.0 Å². The highest BCUT2D eigenvalue weighted by molar-refractivity contribution is 7.89. The van der Waals surface area contributed by atoms with Gasteiger partial charge in [0.25, 0.3) is 0 Å². The smallest absolute Gasteiger partial charge is 0.246 e. The van der Waals surface area contributed by atoms with Gasteiger partial charge in [-0.25, -0.2) is 12.8 Å². The zero-order valence-electron chi connectivity index (χ0n) is 10.1. The summed E-state index contributed by atoms with van der Waals surface area (Å²) in [5, 5.41) is 2.56. The van der Waals surface area contributed by atoms with E-state index in [1.165, 1.54) is 6.07 Å². The second kappa shape index (κ2) is 5.14. The molecule has 0 bridgehead atoms. The van der Waals surface area contributed by atoms with E-state index in [0.717, 1.165) is 16.4 Å². The van der Waals surface area contributed by atoms with Gasteiger partial charge in [-0.05, 0) is 24.6 Å². The molecule has 2 rings (SSSR count). The summed E-state index contributed by atoms with van der Waals surface area (Å²) < 4.78 is 39.2. The lowest BCUT2D eigenvalue weighted by Crippen LogP contribution is -2.37. The van der Waals surface area contributed by atoms with Gasteiger partial charge in [0.05, 0.1) is 6.54 Å². The highest BCUT2D eigenvalue weighted by Gasteiger charge is 2.30. The Morgan fingerprint density at radius 3 is 2.84 bits per heavy atom. The molecule has 19 heavy (non-hydrogen) atoms. The third-order valence-corrected chi connectivity index (χ3v) is 4.66. The first-order valence-corrected chi connectivity index (χ1v) is 7.17. The first-order chi connectivity index (χ1) is 8.91. The lowest BCUT2D eigenvalue weighted by Gasteiger charge is -2.19. The minimum absolute atomic E-state index is 0.152. The average molecular weight is 287 g/mol. The second-order valence-corrected chi connectivity index (χ2v) is 6.14. The van der Waals surface area contributed by atoms with Crippen LogP contribution in [0.2, 0.25) is 0 Å². The van der Waals surface area contributed by atoms with Gasteiger partial charge in [0.1, 0.15) is 10.7 Å². The lowest BCUT2D eigenvalue weighted by molar-refractivity contribution is -0.120. The Labute approximate surface area is 110 Å². The third-order valence-electron chi connectivity index (χ3n) is 2.80. The molecule has 8 heteroatoms. The standard InChI is InChI=1S/C11H14FN3O3S/c12-9-3-2-8(13)6-10(9)19(17,18)15-5-1-4-14-11(16)7-15/h2-3,6H,1,4-5,7,13H2,(H,14,16). The van der Waals surface area contributed by atoms with Crippen LogP contribution in [0.4, 0.5) is 10.1 Å². The van der Waals surface area contributed by atoms with Gasteiger partial charge < -0.3 is 11.1 Å². The number of carbonyl (C=O) groups excluding carboxylic acids is 1. The molecule has 0 spiro atoms. The molecule has 1 aromatic carbocycles. The number of anilines is 1. The van der Waals surface area contributed by atoms with Crippen LogP contribution in [0.25, 0.3) is 0 Å². The summed E-state index contributed by atoms with van der Waals surface area (Å²) in [4.78, 5) is 10.9. The van der Waals surface area contributed by atoms with Crippen LogP contribution in [-0.2, 0) is 14.8 Å². The number of nitrogen functional groups attached to an aromatic ring is 1. The quantitative estimate of drug-likeness (QED) is 0.744. The zero-order chi connectivity index (χ0) is 14.0. The van der Waals surface area contributed by atoms with Crippen LogP contribution in [0.15, 0.2) is 23.1 Å². The summed E-state index contributed by atoms with van der Waals surface area (Å²) in [5.74, 6) is -1.27. The van der Waals surface area contributed by atoms with Gasteiger partial charge in [-0.1, -0.05) is 0 Å². The Morgan fingerprint density at radius 2 is 2.11 bits per heavy atom. The summed E-state index contributed by atoms with van der Waals surface area (Å²) in [7, 11) is -4.05.